The van der Waals surface area contributed by atoms with Crippen LogP contribution in [-0.4, -0.2) is 18.6 Å². The third-order valence-corrected chi connectivity index (χ3v) is 0.908. The van der Waals surface area contributed by atoms with E-state index in [1.165, 1.54) is 6.42 Å². The number of nitrogens with two attached hydrogens (primary N) is 2. The molecule has 9 heavy (non-hydrogen) atoms. The SMILES string of the molecule is Cl.NCCCCCN.O. The van der Waals surface area contributed by atoms with Crippen LogP contribution in [0.4, 0.5) is 0 Å². The van der Waals surface area contributed by atoms with E-state index in [4.69, 9.17) is 11.5 Å². The van der Waals surface area contributed by atoms with Crippen LogP contribution < -0.4 is 11.5 Å². The molecule has 0 amide bonds. The molecule has 0 heterocycles. The van der Waals surface area contributed by atoms with Gasteiger partial charge in [-0.25, -0.2) is 0 Å². The zero-order valence-electron chi connectivity index (χ0n) is 5.60. The van der Waals surface area contributed by atoms with Crippen LogP contribution in [0.5, 0.6) is 0 Å². The van der Waals surface area contributed by atoms with Gasteiger partial charge in [-0.15, -0.1) is 12.4 Å². The van der Waals surface area contributed by atoms with Gasteiger partial charge in [-0.05, 0) is 25.9 Å². The highest BCUT2D eigenvalue weighted by Crippen LogP contribution is 1.88. The van der Waals surface area contributed by atoms with Gasteiger partial charge in [-0.2, -0.15) is 0 Å². The summed E-state index contributed by atoms with van der Waals surface area (Å²) in [7, 11) is 0. The zero-order chi connectivity index (χ0) is 5.54. The number of rotatable bonds is 4. The Morgan fingerprint density at radius 1 is 0.778 bits per heavy atom. The van der Waals surface area contributed by atoms with Gasteiger partial charge in [0.25, 0.3) is 0 Å². The van der Waals surface area contributed by atoms with Crippen LogP contribution in [0.2, 0.25) is 0 Å². The highest BCUT2D eigenvalue weighted by molar-refractivity contribution is 5.85. The summed E-state index contributed by atoms with van der Waals surface area (Å²) in [5.74, 6) is 0. The lowest BCUT2D eigenvalue weighted by molar-refractivity contribution is 0.695. The standard InChI is InChI=1S/C5H14N2.ClH.H2O/c6-4-2-1-3-5-7;;/h1-7H2;1H;1H2. The average Bonchev–Trinajstić information content (AvgIpc) is 1.69. The van der Waals surface area contributed by atoms with Gasteiger partial charge < -0.3 is 16.9 Å². The van der Waals surface area contributed by atoms with Crippen LogP contribution in [0, 0.1) is 0 Å². The van der Waals surface area contributed by atoms with Crippen molar-refractivity contribution in [3.8, 4) is 0 Å². The highest BCUT2D eigenvalue weighted by Gasteiger charge is 1.80. The lowest BCUT2D eigenvalue weighted by Crippen LogP contribution is -2.02. The Morgan fingerprint density at radius 2 is 1.11 bits per heavy atom. The number of hydrogen-bond acceptors (Lipinski definition) is 2. The molecule has 0 rings (SSSR count). The van der Waals surface area contributed by atoms with Gasteiger partial charge in [0.15, 0.2) is 0 Å². The van der Waals surface area contributed by atoms with E-state index in [2.05, 4.69) is 0 Å². The summed E-state index contributed by atoms with van der Waals surface area (Å²) in [6.45, 7) is 1.61. The molecule has 0 bridgehead atoms. The maximum Gasteiger partial charge on any atom is -0.00773 e. The second-order valence-corrected chi connectivity index (χ2v) is 1.64. The van der Waals surface area contributed by atoms with Crippen molar-refractivity contribution in [3.05, 3.63) is 0 Å². The van der Waals surface area contributed by atoms with Crippen molar-refractivity contribution in [1.29, 1.82) is 0 Å². The molecule has 4 heteroatoms. The molecule has 0 atom stereocenters. The quantitative estimate of drug-likeness (QED) is 0.547. The number of unbranched alkanes of at least 4 members (excludes halogenated alkanes) is 2. The lowest BCUT2D eigenvalue weighted by atomic mass is 10.2. The monoisotopic (exact) mass is 156 g/mol. The van der Waals surface area contributed by atoms with Crippen LogP contribution in [0.1, 0.15) is 19.3 Å². The first-order chi connectivity index (χ1) is 3.41. The zero-order valence-corrected chi connectivity index (χ0v) is 6.41. The van der Waals surface area contributed by atoms with Crippen molar-refractivity contribution >= 4 is 12.4 Å². The van der Waals surface area contributed by atoms with Crippen molar-refractivity contribution in [2.75, 3.05) is 13.1 Å². The van der Waals surface area contributed by atoms with Crippen LogP contribution >= 0.6 is 12.4 Å². The van der Waals surface area contributed by atoms with Gasteiger partial charge in [0.05, 0.1) is 0 Å². The molecule has 0 spiro atoms. The summed E-state index contributed by atoms with van der Waals surface area (Å²) in [5, 5.41) is 0. The molecule has 0 aromatic carbocycles. The van der Waals surface area contributed by atoms with Gasteiger partial charge in [0, 0.05) is 0 Å². The Kier molecular flexibility index (Phi) is 28.1. The van der Waals surface area contributed by atoms with Crippen molar-refractivity contribution in [3.63, 3.8) is 0 Å². The first-order valence-electron chi connectivity index (χ1n) is 2.82. The topological polar surface area (TPSA) is 83.5 Å². The Bertz CT molecular complexity index is 34.1. The normalized spacial score (nSPS) is 7.33. The van der Waals surface area contributed by atoms with Crippen molar-refractivity contribution in [2.24, 2.45) is 11.5 Å². The van der Waals surface area contributed by atoms with Crippen molar-refractivity contribution in [1.82, 2.24) is 0 Å². The molecule has 0 aromatic rings. The summed E-state index contributed by atoms with van der Waals surface area (Å²) in [6, 6.07) is 0. The minimum Gasteiger partial charge on any atom is -0.412 e. The van der Waals surface area contributed by atoms with Crippen LogP contribution in [-0.2, 0) is 0 Å². The predicted octanol–water partition coefficient (Wildman–Crippen LogP) is -0.329. The highest BCUT2D eigenvalue weighted by atomic mass is 35.5. The second kappa shape index (κ2) is 15.7. The van der Waals surface area contributed by atoms with Gasteiger partial charge >= 0.3 is 0 Å². The first kappa shape index (κ1) is 16.1. The molecule has 0 fully saturated rings. The van der Waals surface area contributed by atoms with Gasteiger partial charge in [0.2, 0.25) is 0 Å². The Hall–Kier alpha value is 0.170. The fourth-order valence-corrected chi connectivity index (χ4v) is 0.465. The minimum atomic E-state index is 0. The summed E-state index contributed by atoms with van der Waals surface area (Å²) >= 11 is 0. The fraction of sp³-hybridized carbons (Fsp3) is 1.00. The fourth-order valence-electron chi connectivity index (χ4n) is 0.465. The minimum absolute atomic E-state index is 0. The Labute approximate surface area is 62.5 Å². The maximum atomic E-state index is 5.23. The molecule has 0 aliphatic rings. The summed E-state index contributed by atoms with van der Waals surface area (Å²) < 4.78 is 0. The van der Waals surface area contributed by atoms with Crippen molar-refractivity contribution < 1.29 is 5.48 Å². The first-order valence-corrected chi connectivity index (χ1v) is 2.82. The van der Waals surface area contributed by atoms with Crippen LogP contribution in [0.15, 0.2) is 0 Å². The molecule has 6 N–H and O–H groups in total. The van der Waals surface area contributed by atoms with E-state index in [1.807, 2.05) is 0 Å². The molecule has 0 aliphatic carbocycles. The molecular weight excluding hydrogens is 140 g/mol. The molecule has 0 aliphatic heterocycles. The van der Waals surface area contributed by atoms with Crippen LogP contribution in [0.25, 0.3) is 0 Å². The number of hydrogen-bond donors (Lipinski definition) is 2. The molecule has 0 aromatic heterocycles. The number of halogens is 1. The predicted molar refractivity (Wildman–Crippen MR) is 42.8 cm³/mol. The summed E-state index contributed by atoms with van der Waals surface area (Å²) in [4.78, 5) is 0. The molecule has 0 saturated heterocycles. The van der Waals surface area contributed by atoms with Gasteiger partial charge in [-0.1, -0.05) is 6.42 Å². The average molecular weight is 157 g/mol. The van der Waals surface area contributed by atoms with E-state index in [0.717, 1.165) is 25.9 Å². The largest absolute Gasteiger partial charge is 0.412 e. The van der Waals surface area contributed by atoms with E-state index in [1.54, 1.807) is 0 Å². The van der Waals surface area contributed by atoms with Gasteiger partial charge in [-0.3, -0.25) is 0 Å². The molecule has 3 nitrogen and oxygen atoms in total. The second-order valence-electron chi connectivity index (χ2n) is 1.64. The van der Waals surface area contributed by atoms with E-state index in [0.29, 0.717) is 0 Å². The molecule has 0 saturated carbocycles. The lowest BCUT2D eigenvalue weighted by Gasteiger charge is -1.91. The Morgan fingerprint density at radius 3 is 1.33 bits per heavy atom. The third kappa shape index (κ3) is 17.9. The smallest absolute Gasteiger partial charge is 0.00773 e. The van der Waals surface area contributed by atoms with E-state index >= 15 is 0 Å². The maximum absolute atomic E-state index is 5.23. The van der Waals surface area contributed by atoms with Crippen molar-refractivity contribution in [2.45, 2.75) is 19.3 Å². The van der Waals surface area contributed by atoms with Crippen LogP contribution in [0.3, 0.4) is 0 Å². The Balaban J connectivity index is -0.000000180. The molecule has 60 valence electrons. The molecule has 0 unspecified atom stereocenters. The molecular formula is C5H17ClN2O. The third-order valence-electron chi connectivity index (χ3n) is 0.908. The van der Waals surface area contributed by atoms with E-state index < -0.39 is 0 Å². The summed E-state index contributed by atoms with van der Waals surface area (Å²) in [5.41, 5.74) is 10.5. The van der Waals surface area contributed by atoms with E-state index in [-0.39, 0.29) is 17.9 Å². The van der Waals surface area contributed by atoms with E-state index in [9.17, 15) is 0 Å². The van der Waals surface area contributed by atoms with Gasteiger partial charge in [0.1, 0.15) is 0 Å². The summed E-state index contributed by atoms with van der Waals surface area (Å²) in [6.07, 6.45) is 3.43. The molecule has 0 radical (unpaired) electrons.